The number of amides is 1. The highest BCUT2D eigenvalue weighted by atomic mass is 16.6. The molecular formula is C16H32N4O2. The number of hydrogen-bond donors (Lipinski definition) is 1. The minimum atomic E-state index is -0.460. The number of aliphatic imine (C=N–C) groups is 1. The Morgan fingerprint density at radius 2 is 2.14 bits per heavy atom. The number of nitrogens with one attached hydrogen (secondary N) is 1. The molecule has 1 rings (SSSR count). The molecule has 0 bridgehead atoms. The molecule has 0 radical (unpaired) electrons. The molecule has 0 aromatic rings. The van der Waals surface area contributed by atoms with Gasteiger partial charge in [-0.25, -0.2) is 4.79 Å². The first-order chi connectivity index (χ1) is 10.2. The van der Waals surface area contributed by atoms with Crippen molar-refractivity contribution in [2.24, 2.45) is 10.9 Å². The Morgan fingerprint density at radius 3 is 2.68 bits per heavy atom. The summed E-state index contributed by atoms with van der Waals surface area (Å²) < 4.78 is 5.33. The summed E-state index contributed by atoms with van der Waals surface area (Å²) in [5, 5.41) is 3.33. The average molecular weight is 312 g/mol. The van der Waals surface area contributed by atoms with Crippen molar-refractivity contribution in [1.82, 2.24) is 15.1 Å². The molecule has 1 fully saturated rings. The fourth-order valence-electron chi connectivity index (χ4n) is 2.48. The lowest BCUT2D eigenvalue weighted by molar-refractivity contribution is 0.0302. The Morgan fingerprint density at radius 1 is 1.45 bits per heavy atom. The molecule has 0 aromatic carbocycles. The van der Waals surface area contributed by atoms with Gasteiger partial charge in [-0.2, -0.15) is 0 Å². The standard InChI is InChI=1S/C16H32N4O2/c1-13-8-7-10-20(12-13)14(17-5)18-9-11-19(6)15(21)22-16(2,3)4/h13H,7-12H2,1-6H3,(H,17,18). The van der Waals surface area contributed by atoms with Crippen LogP contribution in [0.1, 0.15) is 40.5 Å². The van der Waals surface area contributed by atoms with Crippen LogP contribution in [0.3, 0.4) is 0 Å². The van der Waals surface area contributed by atoms with Crippen molar-refractivity contribution in [1.29, 1.82) is 0 Å². The molecule has 0 spiro atoms. The van der Waals surface area contributed by atoms with Crippen molar-refractivity contribution in [2.45, 2.75) is 46.1 Å². The van der Waals surface area contributed by atoms with Crippen molar-refractivity contribution in [3.05, 3.63) is 0 Å². The SMILES string of the molecule is CN=C(NCCN(C)C(=O)OC(C)(C)C)N1CCCC(C)C1. The number of carbonyl (C=O) groups is 1. The van der Waals surface area contributed by atoms with Crippen molar-refractivity contribution in [3.8, 4) is 0 Å². The molecule has 0 saturated carbocycles. The van der Waals surface area contributed by atoms with Gasteiger partial charge in [0.1, 0.15) is 5.60 Å². The molecule has 1 amide bonds. The van der Waals surface area contributed by atoms with E-state index in [1.54, 1.807) is 19.0 Å². The summed E-state index contributed by atoms with van der Waals surface area (Å²) in [6, 6.07) is 0. The first kappa shape index (κ1) is 18.6. The van der Waals surface area contributed by atoms with Gasteiger partial charge in [-0.15, -0.1) is 0 Å². The predicted octanol–water partition coefficient (Wildman–Crippen LogP) is 2.16. The normalized spacial score (nSPS) is 19.8. The van der Waals surface area contributed by atoms with E-state index in [-0.39, 0.29) is 6.09 Å². The summed E-state index contributed by atoms with van der Waals surface area (Å²) in [5.41, 5.74) is -0.460. The van der Waals surface area contributed by atoms with Crippen LogP contribution in [-0.4, -0.2) is 67.7 Å². The van der Waals surface area contributed by atoms with Gasteiger partial charge >= 0.3 is 6.09 Å². The first-order valence-corrected chi connectivity index (χ1v) is 8.12. The molecule has 1 saturated heterocycles. The van der Waals surface area contributed by atoms with Crippen LogP contribution in [0, 0.1) is 5.92 Å². The molecule has 128 valence electrons. The summed E-state index contributed by atoms with van der Waals surface area (Å²) >= 11 is 0. The van der Waals surface area contributed by atoms with Crippen molar-refractivity contribution < 1.29 is 9.53 Å². The Kier molecular flexibility index (Phi) is 6.97. The monoisotopic (exact) mass is 312 g/mol. The van der Waals surface area contributed by atoms with Gasteiger partial charge in [-0.3, -0.25) is 4.99 Å². The van der Waals surface area contributed by atoms with E-state index in [1.807, 2.05) is 20.8 Å². The van der Waals surface area contributed by atoms with Gasteiger partial charge in [0.15, 0.2) is 5.96 Å². The lowest BCUT2D eigenvalue weighted by Crippen LogP contribution is -2.48. The number of likely N-dealkylation sites (N-methyl/N-ethyl adjacent to an activating group) is 1. The Hall–Kier alpha value is -1.46. The van der Waals surface area contributed by atoms with Crippen LogP contribution in [0.4, 0.5) is 4.79 Å². The lowest BCUT2D eigenvalue weighted by atomic mass is 10.0. The summed E-state index contributed by atoms with van der Waals surface area (Å²) in [6.45, 7) is 11.2. The zero-order chi connectivity index (χ0) is 16.8. The van der Waals surface area contributed by atoms with E-state index in [4.69, 9.17) is 4.74 Å². The second-order valence-corrected chi connectivity index (χ2v) is 7.07. The number of guanidine groups is 1. The third-order valence-electron chi connectivity index (χ3n) is 3.60. The van der Waals surface area contributed by atoms with Crippen LogP contribution in [0.5, 0.6) is 0 Å². The molecule has 1 atom stereocenters. The molecule has 22 heavy (non-hydrogen) atoms. The van der Waals surface area contributed by atoms with Crippen LogP contribution >= 0.6 is 0 Å². The van der Waals surface area contributed by atoms with Crippen molar-refractivity contribution in [2.75, 3.05) is 40.3 Å². The lowest BCUT2D eigenvalue weighted by Gasteiger charge is -2.33. The van der Waals surface area contributed by atoms with E-state index in [2.05, 4.69) is 22.1 Å². The minimum absolute atomic E-state index is 0.295. The number of piperidine rings is 1. The zero-order valence-electron chi connectivity index (χ0n) is 15.0. The number of rotatable bonds is 3. The quantitative estimate of drug-likeness (QED) is 0.641. The van der Waals surface area contributed by atoms with Gasteiger partial charge in [0.05, 0.1) is 0 Å². The van der Waals surface area contributed by atoms with Crippen molar-refractivity contribution in [3.63, 3.8) is 0 Å². The molecule has 0 aromatic heterocycles. The molecule has 1 aliphatic heterocycles. The van der Waals surface area contributed by atoms with Crippen molar-refractivity contribution >= 4 is 12.1 Å². The first-order valence-electron chi connectivity index (χ1n) is 8.12. The predicted molar refractivity (Wildman–Crippen MR) is 90.2 cm³/mol. The van der Waals surface area contributed by atoms with Gasteiger partial charge in [0.25, 0.3) is 0 Å². The van der Waals surface area contributed by atoms with Gasteiger partial charge < -0.3 is 19.9 Å². The average Bonchev–Trinajstić information content (AvgIpc) is 2.41. The maximum absolute atomic E-state index is 11.9. The summed E-state index contributed by atoms with van der Waals surface area (Å²) in [4.78, 5) is 20.1. The summed E-state index contributed by atoms with van der Waals surface area (Å²) in [6.07, 6.45) is 2.20. The maximum Gasteiger partial charge on any atom is 0.410 e. The van der Waals surface area contributed by atoms with Crippen LogP contribution in [-0.2, 0) is 4.74 Å². The van der Waals surface area contributed by atoms with E-state index in [0.717, 1.165) is 19.0 Å². The van der Waals surface area contributed by atoms with Gasteiger partial charge in [-0.1, -0.05) is 6.92 Å². The maximum atomic E-state index is 11.9. The van der Waals surface area contributed by atoms with E-state index in [1.165, 1.54) is 12.8 Å². The summed E-state index contributed by atoms with van der Waals surface area (Å²) in [7, 11) is 3.56. The Labute approximate surface area is 134 Å². The van der Waals surface area contributed by atoms with E-state index < -0.39 is 5.60 Å². The van der Waals surface area contributed by atoms with E-state index in [9.17, 15) is 4.79 Å². The largest absolute Gasteiger partial charge is 0.444 e. The van der Waals surface area contributed by atoms with Gasteiger partial charge in [0.2, 0.25) is 0 Å². The summed E-state index contributed by atoms with van der Waals surface area (Å²) in [5.74, 6) is 1.63. The molecule has 6 nitrogen and oxygen atoms in total. The van der Waals surface area contributed by atoms with Crippen LogP contribution in [0.25, 0.3) is 0 Å². The second kappa shape index (κ2) is 8.25. The van der Waals surface area contributed by atoms with Crippen LogP contribution < -0.4 is 5.32 Å². The molecule has 1 N–H and O–H groups in total. The van der Waals surface area contributed by atoms with E-state index in [0.29, 0.717) is 19.0 Å². The van der Waals surface area contributed by atoms with E-state index >= 15 is 0 Å². The number of likely N-dealkylation sites (tertiary alicyclic amines) is 1. The highest BCUT2D eigenvalue weighted by molar-refractivity contribution is 5.80. The fraction of sp³-hybridized carbons (Fsp3) is 0.875. The topological polar surface area (TPSA) is 57.2 Å². The van der Waals surface area contributed by atoms with Crippen LogP contribution in [0.15, 0.2) is 4.99 Å². The molecule has 1 unspecified atom stereocenters. The number of ether oxygens (including phenoxy) is 1. The van der Waals surface area contributed by atoms with Gasteiger partial charge in [-0.05, 0) is 39.5 Å². The molecule has 6 heteroatoms. The number of nitrogens with zero attached hydrogens (tertiary/aromatic N) is 3. The third kappa shape index (κ3) is 6.54. The van der Waals surface area contributed by atoms with Crippen LogP contribution in [0.2, 0.25) is 0 Å². The third-order valence-corrected chi connectivity index (χ3v) is 3.60. The zero-order valence-corrected chi connectivity index (χ0v) is 15.0. The molecule has 1 heterocycles. The van der Waals surface area contributed by atoms with Gasteiger partial charge in [0, 0.05) is 40.3 Å². The highest BCUT2D eigenvalue weighted by Crippen LogP contribution is 2.15. The molecular weight excluding hydrogens is 280 g/mol. The smallest absolute Gasteiger partial charge is 0.410 e. The molecule has 0 aliphatic carbocycles. The minimum Gasteiger partial charge on any atom is -0.444 e. The Bertz CT molecular complexity index is 390. The fourth-order valence-corrected chi connectivity index (χ4v) is 2.48. The molecule has 1 aliphatic rings. The second-order valence-electron chi connectivity index (χ2n) is 7.07. The number of carbonyl (C=O) groups excluding carboxylic acids is 1. The Balaban J connectivity index is 2.36. The number of hydrogen-bond acceptors (Lipinski definition) is 3. The highest BCUT2D eigenvalue weighted by Gasteiger charge is 2.21.